The maximum absolute atomic E-state index is 12.9. The standard InChI is InChI=1S/C20H23NO4/c1-20(2,3)25-19(23)21(14-15-8-6-5-7-9-15)18(22)16-10-12-17(24-4)13-11-16/h5-13H,14H2,1-4H3. The number of amides is 2. The zero-order chi connectivity index (χ0) is 18.4. The topological polar surface area (TPSA) is 55.8 Å². The zero-order valence-corrected chi connectivity index (χ0v) is 15.0. The highest BCUT2D eigenvalue weighted by Gasteiger charge is 2.28. The fraction of sp³-hybridized carbons (Fsp3) is 0.300. The normalized spacial score (nSPS) is 10.9. The SMILES string of the molecule is COc1ccc(C(=O)N(Cc2ccccc2)C(=O)OC(C)(C)C)cc1. The quantitative estimate of drug-likeness (QED) is 0.833. The van der Waals surface area contributed by atoms with E-state index in [9.17, 15) is 9.59 Å². The van der Waals surface area contributed by atoms with Crippen LogP contribution in [0.15, 0.2) is 54.6 Å². The molecule has 0 fully saturated rings. The summed E-state index contributed by atoms with van der Waals surface area (Å²) in [7, 11) is 1.55. The van der Waals surface area contributed by atoms with E-state index in [1.165, 1.54) is 0 Å². The average Bonchev–Trinajstić information content (AvgIpc) is 2.58. The third kappa shape index (κ3) is 5.35. The third-order valence-electron chi connectivity index (χ3n) is 3.38. The number of imide groups is 1. The number of nitrogens with zero attached hydrogens (tertiary/aromatic N) is 1. The van der Waals surface area contributed by atoms with Gasteiger partial charge < -0.3 is 9.47 Å². The highest BCUT2D eigenvalue weighted by Crippen LogP contribution is 2.18. The number of hydrogen-bond donors (Lipinski definition) is 0. The molecule has 0 aliphatic heterocycles. The molecule has 0 heterocycles. The smallest absolute Gasteiger partial charge is 0.417 e. The molecule has 0 saturated heterocycles. The molecule has 2 aromatic carbocycles. The van der Waals surface area contributed by atoms with E-state index in [2.05, 4.69) is 0 Å². The van der Waals surface area contributed by atoms with Crippen molar-refractivity contribution in [2.45, 2.75) is 32.9 Å². The van der Waals surface area contributed by atoms with Crippen LogP contribution in [-0.2, 0) is 11.3 Å². The summed E-state index contributed by atoms with van der Waals surface area (Å²) >= 11 is 0. The van der Waals surface area contributed by atoms with Crippen molar-refractivity contribution in [3.63, 3.8) is 0 Å². The number of carbonyl (C=O) groups is 2. The molecule has 0 aliphatic rings. The molecule has 0 spiro atoms. The van der Waals surface area contributed by atoms with E-state index in [1.807, 2.05) is 30.3 Å². The van der Waals surface area contributed by atoms with Crippen LogP contribution in [0.3, 0.4) is 0 Å². The molecule has 25 heavy (non-hydrogen) atoms. The van der Waals surface area contributed by atoms with Gasteiger partial charge in [0.2, 0.25) is 0 Å². The van der Waals surface area contributed by atoms with Gasteiger partial charge in [0.05, 0.1) is 13.7 Å². The van der Waals surface area contributed by atoms with E-state index in [4.69, 9.17) is 9.47 Å². The van der Waals surface area contributed by atoms with Crippen LogP contribution < -0.4 is 4.74 Å². The molecule has 0 atom stereocenters. The Morgan fingerprint density at radius 3 is 2.08 bits per heavy atom. The van der Waals surface area contributed by atoms with Gasteiger partial charge in [-0.15, -0.1) is 0 Å². The lowest BCUT2D eigenvalue weighted by Crippen LogP contribution is -2.40. The van der Waals surface area contributed by atoms with Crippen molar-refractivity contribution in [2.24, 2.45) is 0 Å². The van der Waals surface area contributed by atoms with E-state index in [0.717, 1.165) is 10.5 Å². The molecule has 2 aromatic rings. The third-order valence-corrected chi connectivity index (χ3v) is 3.38. The van der Waals surface area contributed by atoms with Gasteiger partial charge in [-0.25, -0.2) is 9.69 Å². The van der Waals surface area contributed by atoms with Crippen molar-refractivity contribution in [3.8, 4) is 5.75 Å². The molecule has 5 heteroatoms. The monoisotopic (exact) mass is 341 g/mol. The van der Waals surface area contributed by atoms with Crippen molar-refractivity contribution in [1.29, 1.82) is 0 Å². The van der Waals surface area contributed by atoms with Gasteiger partial charge in [-0.3, -0.25) is 4.79 Å². The second-order valence-electron chi connectivity index (χ2n) is 6.59. The first-order chi connectivity index (χ1) is 11.8. The lowest BCUT2D eigenvalue weighted by Gasteiger charge is -2.26. The number of rotatable bonds is 4. The summed E-state index contributed by atoms with van der Waals surface area (Å²) in [6, 6.07) is 15.9. The minimum absolute atomic E-state index is 0.139. The molecule has 5 nitrogen and oxygen atoms in total. The molecule has 2 rings (SSSR count). The van der Waals surface area contributed by atoms with Crippen LogP contribution in [0.2, 0.25) is 0 Å². The van der Waals surface area contributed by atoms with E-state index >= 15 is 0 Å². The van der Waals surface area contributed by atoms with E-state index < -0.39 is 17.6 Å². The zero-order valence-electron chi connectivity index (χ0n) is 15.0. The van der Waals surface area contributed by atoms with Crippen LogP contribution in [0.1, 0.15) is 36.7 Å². The molecular formula is C20H23NO4. The first kappa shape index (κ1) is 18.5. The van der Waals surface area contributed by atoms with Gasteiger partial charge in [0, 0.05) is 5.56 Å². The van der Waals surface area contributed by atoms with Gasteiger partial charge in [0.25, 0.3) is 5.91 Å². The Hall–Kier alpha value is -2.82. The molecule has 0 saturated carbocycles. The predicted molar refractivity (Wildman–Crippen MR) is 95.5 cm³/mol. The second kappa shape index (κ2) is 7.83. The molecule has 0 bridgehead atoms. The van der Waals surface area contributed by atoms with Gasteiger partial charge >= 0.3 is 6.09 Å². The summed E-state index contributed by atoms with van der Waals surface area (Å²) in [6.45, 7) is 5.44. The highest BCUT2D eigenvalue weighted by molar-refractivity contribution is 6.03. The average molecular weight is 341 g/mol. The van der Waals surface area contributed by atoms with Crippen molar-refractivity contribution < 1.29 is 19.1 Å². The van der Waals surface area contributed by atoms with Gasteiger partial charge in [0.15, 0.2) is 0 Å². The van der Waals surface area contributed by atoms with Gasteiger partial charge in [-0.2, -0.15) is 0 Å². The van der Waals surface area contributed by atoms with Gasteiger partial charge in [0.1, 0.15) is 11.4 Å². The minimum atomic E-state index is -0.688. The Labute approximate surface area is 148 Å². The van der Waals surface area contributed by atoms with Gasteiger partial charge in [-0.05, 0) is 50.6 Å². The summed E-state index contributed by atoms with van der Waals surface area (Å²) < 4.78 is 10.5. The molecular weight excluding hydrogens is 318 g/mol. The van der Waals surface area contributed by atoms with Crippen molar-refractivity contribution in [2.75, 3.05) is 7.11 Å². The summed E-state index contributed by atoms with van der Waals surface area (Å²) in [6.07, 6.45) is -0.669. The number of ether oxygens (including phenoxy) is 2. The largest absolute Gasteiger partial charge is 0.497 e. The molecule has 0 N–H and O–H groups in total. The van der Waals surface area contributed by atoms with E-state index in [-0.39, 0.29) is 6.54 Å². The fourth-order valence-electron chi connectivity index (χ4n) is 2.19. The first-order valence-electron chi connectivity index (χ1n) is 8.03. The maximum Gasteiger partial charge on any atom is 0.417 e. The highest BCUT2D eigenvalue weighted by atomic mass is 16.6. The van der Waals surface area contributed by atoms with Crippen LogP contribution in [0, 0.1) is 0 Å². The lowest BCUT2D eigenvalue weighted by atomic mass is 10.1. The summed E-state index contributed by atoms with van der Waals surface area (Å²) in [5.74, 6) is 0.226. The molecule has 0 radical (unpaired) electrons. The predicted octanol–water partition coefficient (Wildman–Crippen LogP) is 4.27. The number of methoxy groups -OCH3 is 1. The lowest BCUT2D eigenvalue weighted by molar-refractivity contribution is 0.0227. The van der Waals surface area contributed by atoms with Crippen LogP contribution in [0.25, 0.3) is 0 Å². The number of hydrogen-bond acceptors (Lipinski definition) is 4. The Kier molecular flexibility index (Phi) is 5.80. The number of carbonyl (C=O) groups excluding carboxylic acids is 2. The van der Waals surface area contributed by atoms with E-state index in [0.29, 0.717) is 11.3 Å². The van der Waals surface area contributed by atoms with Crippen LogP contribution in [-0.4, -0.2) is 29.6 Å². The fourth-order valence-corrected chi connectivity index (χ4v) is 2.19. The van der Waals surface area contributed by atoms with Crippen LogP contribution >= 0.6 is 0 Å². The van der Waals surface area contributed by atoms with E-state index in [1.54, 1.807) is 52.1 Å². The Balaban J connectivity index is 2.28. The Morgan fingerprint density at radius 1 is 0.960 bits per heavy atom. The maximum atomic E-state index is 12.9. The molecule has 132 valence electrons. The van der Waals surface area contributed by atoms with Crippen molar-refractivity contribution in [1.82, 2.24) is 4.90 Å². The minimum Gasteiger partial charge on any atom is -0.497 e. The number of benzene rings is 2. The molecule has 0 aliphatic carbocycles. The first-order valence-corrected chi connectivity index (χ1v) is 8.03. The molecule has 2 amide bonds. The van der Waals surface area contributed by atoms with Crippen molar-refractivity contribution in [3.05, 3.63) is 65.7 Å². The Morgan fingerprint density at radius 2 is 1.56 bits per heavy atom. The summed E-state index contributed by atoms with van der Waals surface area (Å²) in [4.78, 5) is 26.5. The van der Waals surface area contributed by atoms with Gasteiger partial charge in [-0.1, -0.05) is 30.3 Å². The summed E-state index contributed by atoms with van der Waals surface area (Å²) in [5, 5.41) is 0. The van der Waals surface area contributed by atoms with Crippen molar-refractivity contribution >= 4 is 12.0 Å². The molecule has 0 aromatic heterocycles. The molecule has 0 unspecified atom stereocenters. The summed E-state index contributed by atoms with van der Waals surface area (Å²) in [5.41, 5.74) is 0.546. The van der Waals surface area contributed by atoms with Crippen LogP contribution in [0.4, 0.5) is 4.79 Å². The second-order valence-corrected chi connectivity index (χ2v) is 6.59. The Bertz CT molecular complexity index is 718. The van der Waals surface area contributed by atoms with Crippen LogP contribution in [0.5, 0.6) is 5.75 Å².